The van der Waals surface area contributed by atoms with Gasteiger partial charge in [0.25, 0.3) is 0 Å². The zero-order valence-electron chi connectivity index (χ0n) is 6.64. The summed E-state index contributed by atoms with van der Waals surface area (Å²) < 4.78 is 0. The van der Waals surface area contributed by atoms with Crippen LogP contribution in [-0.4, -0.2) is 37.1 Å². The van der Waals surface area contributed by atoms with Crippen molar-refractivity contribution >= 4 is 0 Å². The molecule has 0 aromatic carbocycles. The molecule has 2 rings (SSSR count). The molecule has 2 unspecified atom stereocenters. The lowest BCUT2D eigenvalue weighted by atomic mass is 10.1. The first-order valence-electron chi connectivity index (χ1n) is 4.36. The molecule has 2 saturated heterocycles. The van der Waals surface area contributed by atoms with Crippen LogP contribution in [0.5, 0.6) is 0 Å². The Hall–Kier alpha value is -0.0800. The van der Waals surface area contributed by atoms with Crippen molar-refractivity contribution in [1.29, 1.82) is 0 Å². The Balaban J connectivity index is 1.94. The Labute approximate surface area is 62.6 Å². The van der Waals surface area contributed by atoms with Crippen molar-refractivity contribution in [3.05, 3.63) is 0 Å². The van der Waals surface area contributed by atoms with E-state index in [1.54, 1.807) is 0 Å². The van der Waals surface area contributed by atoms with Gasteiger partial charge >= 0.3 is 0 Å². The predicted octanol–water partition coefficient (Wildman–Crippen LogP) is 0.300. The van der Waals surface area contributed by atoms with Crippen LogP contribution in [0.25, 0.3) is 0 Å². The first-order chi connectivity index (χ1) is 4.90. The van der Waals surface area contributed by atoms with Gasteiger partial charge in [-0.25, -0.2) is 0 Å². The van der Waals surface area contributed by atoms with E-state index in [2.05, 4.69) is 17.1 Å². The Morgan fingerprint density at radius 1 is 1.50 bits per heavy atom. The molecule has 0 amide bonds. The normalized spacial score (nSPS) is 40.5. The Morgan fingerprint density at radius 3 is 3.10 bits per heavy atom. The van der Waals surface area contributed by atoms with E-state index in [-0.39, 0.29) is 0 Å². The van der Waals surface area contributed by atoms with Gasteiger partial charge in [0.05, 0.1) is 0 Å². The van der Waals surface area contributed by atoms with Crippen LogP contribution in [0, 0.1) is 5.92 Å². The molecular weight excluding hydrogens is 124 g/mol. The van der Waals surface area contributed by atoms with Crippen molar-refractivity contribution < 1.29 is 0 Å². The van der Waals surface area contributed by atoms with Crippen molar-refractivity contribution in [2.24, 2.45) is 5.92 Å². The highest BCUT2D eigenvalue weighted by Crippen LogP contribution is 2.23. The zero-order chi connectivity index (χ0) is 6.97. The number of nitrogens with zero attached hydrogens (tertiary/aromatic N) is 1. The number of hydrogen-bond acceptors (Lipinski definition) is 2. The summed E-state index contributed by atoms with van der Waals surface area (Å²) in [5, 5.41) is 3.54. The molecule has 0 aliphatic carbocycles. The van der Waals surface area contributed by atoms with E-state index < -0.39 is 0 Å². The third kappa shape index (κ3) is 0.956. The number of likely N-dealkylation sites (tertiary alicyclic amines) is 1. The monoisotopic (exact) mass is 140 g/mol. The highest BCUT2D eigenvalue weighted by Gasteiger charge is 2.34. The van der Waals surface area contributed by atoms with Crippen LogP contribution in [0.1, 0.15) is 13.3 Å². The first-order valence-corrected chi connectivity index (χ1v) is 4.36. The molecule has 2 heterocycles. The number of rotatable bonds is 1. The molecule has 0 bridgehead atoms. The van der Waals surface area contributed by atoms with Crippen LogP contribution < -0.4 is 5.32 Å². The van der Waals surface area contributed by atoms with E-state index >= 15 is 0 Å². The molecule has 10 heavy (non-hydrogen) atoms. The second kappa shape index (κ2) is 2.51. The molecule has 2 nitrogen and oxygen atoms in total. The molecule has 58 valence electrons. The lowest BCUT2D eigenvalue weighted by Crippen LogP contribution is -2.29. The molecule has 2 heteroatoms. The molecule has 0 radical (unpaired) electrons. The summed E-state index contributed by atoms with van der Waals surface area (Å²) in [7, 11) is 0. The van der Waals surface area contributed by atoms with Gasteiger partial charge in [-0.3, -0.25) is 0 Å². The minimum Gasteiger partial charge on any atom is -0.312 e. The van der Waals surface area contributed by atoms with Crippen molar-refractivity contribution in [1.82, 2.24) is 10.2 Å². The average molecular weight is 140 g/mol. The van der Waals surface area contributed by atoms with E-state index in [4.69, 9.17) is 0 Å². The van der Waals surface area contributed by atoms with Crippen molar-refractivity contribution in [3.8, 4) is 0 Å². The van der Waals surface area contributed by atoms with Crippen LogP contribution in [0.15, 0.2) is 0 Å². The maximum Gasteiger partial charge on any atom is 0.0235 e. The second-order valence-corrected chi connectivity index (χ2v) is 3.46. The third-order valence-corrected chi connectivity index (χ3v) is 2.89. The van der Waals surface area contributed by atoms with Crippen LogP contribution >= 0.6 is 0 Å². The predicted molar refractivity (Wildman–Crippen MR) is 42.0 cm³/mol. The van der Waals surface area contributed by atoms with E-state index in [1.807, 2.05) is 0 Å². The minimum absolute atomic E-state index is 0.833. The van der Waals surface area contributed by atoms with Crippen LogP contribution in [0.3, 0.4) is 0 Å². The average Bonchev–Trinajstić information content (AvgIpc) is 2.42. The Kier molecular flexibility index (Phi) is 1.66. The number of nitrogens with one attached hydrogen (secondary N) is 1. The fourth-order valence-corrected chi connectivity index (χ4v) is 2.20. The highest BCUT2D eigenvalue weighted by molar-refractivity contribution is 4.93. The van der Waals surface area contributed by atoms with Crippen LogP contribution in [0.2, 0.25) is 0 Å². The molecule has 2 atom stereocenters. The van der Waals surface area contributed by atoms with Gasteiger partial charge in [0.15, 0.2) is 0 Å². The lowest BCUT2D eigenvalue weighted by molar-refractivity contribution is 0.331. The quantitative estimate of drug-likeness (QED) is 0.563. The number of likely N-dealkylation sites (N-methyl/N-ethyl adjacent to an activating group) is 1. The molecule has 2 aliphatic rings. The topological polar surface area (TPSA) is 15.3 Å². The Morgan fingerprint density at radius 2 is 2.40 bits per heavy atom. The van der Waals surface area contributed by atoms with Gasteiger partial charge in [-0.1, -0.05) is 6.92 Å². The molecule has 2 aliphatic heterocycles. The maximum atomic E-state index is 3.54. The first kappa shape index (κ1) is 6.62. The fraction of sp³-hybridized carbons (Fsp3) is 1.00. The lowest BCUT2D eigenvalue weighted by Gasteiger charge is -2.12. The Bertz CT molecular complexity index is 112. The van der Waals surface area contributed by atoms with Gasteiger partial charge in [-0.05, 0) is 25.4 Å². The van der Waals surface area contributed by atoms with E-state index in [0.29, 0.717) is 0 Å². The smallest absolute Gasteiger partial charge is 0.0235 e. The summed E-state index contributed by atoms with van der Waals surface area (Å²) in [4.78, 5) is 2.54. The van der Waals surface area contributed by atoms with Crippen molar-refractivity contribution in [2.75, 3.05) is 26.2 Å². The van der Waals surface area contributed by atoms with Gasteiger partial charge in [-0.2, -0.15) is 0 Å². The fourth-order valence-electron chi connectivity index (χ4n) is 2.20. The van der Waals surface area contributed by atoms with Crippen molar-refractivity contribution in [3.63, 3.8) is 0 Å². The van der Waals surface area contributed by atoms with E-state index in [0.717, 1.165) is 12.0 Å². The molecule has 0 spiro atoms. The summed E-state index contributed by atoms with van der Waals surface area (Å²) in [6.07, 6.45) is 1.40. The third-order valence-electron chi connectivity index (χ3n) is 2.89. The number of fused-ring (bicyclic) bond motifs is 1. The molecule has 0 aromatic heterocycles. The highest BCUT2D eigenvalue weighted by atomic mass is 15.2. The largest absolute Gasteiger partial charge is 0.312 e. The maximum absolute atomic E-state index is 3.54. The van der Waals surface area contributed by atoms with Crippen molar-refractivity contribution in [2.45, 2.75) is 19.4 Å². The van der Waals surface area contributed by atoms with Gasteiger partial charge < -0.3 is 10.2 Å². The van der Waals surface area contributed by atoms with E-state index in [1.165, 1.54) is 32.6 Å². The summed E-state index contributed by atoms with van der Waals surface area (Å²) in [5.41, 5.74) is 0. The molecular formula is C8H16N2. The molecule has 2 fully saturated rings. The molecule has 0 aromatic rings. The second-order valence-electron chi connectivity index (χ2n) is 3.46. The molecule has 1 N–H and O–H groups in total. The zero-order valence-corrected chi connectivity index (χ0v) is 6.64. The molecule has 0 saturated carbocycles. The van der Waals surface area contributed by atoms with Gasteiger partial charge in [0.2, 0.25) is 0 Å². The standard InChI is InChI=1S/C8H16N2/c1-2-10-5-7-3-4-9-8(7)6-10/h7-9H,2-6H2,1H3. The van der Waals surface area contributed by atoms with Gasteiger partial charge in [-0.15, -0.1) is 0 Å². The summed E-state index contributed by atoms with van der Waals surface area (Å²) in [6, 6.07) is 0.833. The summed E-state index contributed by atoms with van der Waals surface area (Å²) in [5.74, 6) is 0.972. The van der Waals surface area contributed by atoms with E-state index in [9.17, 15) is 0 Å². The minimum atomic E-state index is 0.833. The summed E-state index contributed by atoms with van der Waals surface area (Å²) in [6.45, 7) is 7.37. The SMILES string of the molecule is CCN1CC2CCNC2C1. The van der Waals surface area contributed by atoms with Crippen LogP contribution in [-0.2, 0) is 0 Å². The summed E-state index contributed by atoms with van der Waals surface area (Å²) >= 11 is 0. The van der Waals surface area contributed by atoms with Gasteiger partial charge in [0, 0.05) is 19.1 Å². The number of hydrogen-bond donors (Lipinski definition) is 1. The van der Waals surface area contributed by atoms with Crippen LogP contribution in [0.4, 0.5) is 0 Å². The van der Waals surface area contributed by atoms with Gasteiger partial charge in [0.1, 0.15) is 0 Å².